The summed E-state index contributed by atoms with van der Waals surface area (Å²) in [5.41, 5.74) is 0.827. The predicted octanol–water partition coefficient (Wildman–Crippen LogP) is 1.39. The topological polar surface area (TPSA) is 63.2 Å². The molecule has 1 fully saturated rings. The third-order valence-corrected chi connectivity index (χ3v) is 5.15. The molecule has 0 radical (unpaired) electrons. The molecule has 0 saturated carbocycles. The Kier molecular flexibility index (Phi) is 3.92. The Bertz CT molecular complexity index is 556. The molecular formula is C12H14ClNO3S. The van der Waals surface area contributed by atoms with Gasteiger partial charge in [0.1, 0.15) is 0 Å². The van der Waals surface area contributed by atoms with Crippen LogP contribution in [0.4, 0.5) is 0 Å². The standard InChI is InChI=1S/C12H14ClNO3S/c13-11-4-2-1-3-9(11)7-14-12(15)10-5-6-18(16,17)8-10/h1-4,10H,5-8H2,(H,14,15)/t10-/m1/s1. The average molecular weight is 288 g/mol. The second-order valence-corrected chi connectivity index (χ2v) is 7.05. The van der Waals surface area contributed by atoms with Crippen LogP contribution in [0.3, 0.4) is 0 Å². The van der Waals surface area contributed by atoms with Crippen molar-refractivity contribution >= 4 is 27.3 Å². The van der Waals surface area contributed by atoms with E-state index < -0.39 is 15.8 Å². The third kappa shape index (κ3) is 3.23. The molecule has 1 N–H and O–H groups in total. The number of nitrogens with one attached hydrogen (secondary N) is 1. The van der Waals surface area contributed by atoms with Crippen LogP contribution in [0, 0.1) is 5.92 Å². The maximum absolute atomic E-state index is 11.8. The molecule has 1 atom stereocenters. The largest absolute Gasteiger partial charge is 0.352 e. The first-order valence-electron chi connectivity index (χ1n) is 5.69. The lowest BCUT2D eigenvalue weighted by molar-refractivity contribution is -0.124. The fourth-order valence-electron chi connectivity index (χ4n) is 1.97. The van der Waals surface area contributed by atoms with E-state index in [1.165, 1.54) is 0 Å². The Labute approximate surface area is 111 Å². The molecule has 98 valence electrons. The summed E-state index contributed by atoms with van der Waals surface area (Å²) < 4.78 is 22.5. The summed E-state index contributed by atoms with van der Waals surface area (Å²) in [7, 11) is -3.02. The summed E-state index contributed by atoms with van der Waals surface area (Å²) in [6.45, 7) is 0.328. The van der Waals surface area contributed by atoms with Crippen molar-refractivity contribution in [1.29, 1.82) is 0 Å². The van der Waals surface area contributed by atoms with Crippen LogP contribution in [-0.2, 0) is 21.2 Å². The summed E-state index contributed by atoms with van der Waals surface area (Å²) in [5, 5.41) is 3.33. The first kappa shape index (κ1) is 13.4. The monoisotopic (exact) mass is 287 g/mol. The van der Waals surface area contributed by atoms with Gasteiger partial charge in [-0.15, -0.1) is 0 Å². The minimum Gasteiger partial charge on any atom is -0.352 e. The fraction of sp³-hybridized carbons (Fsp3) is 0.417. The molecule has 0 spiro atoms. The van der Waals surface area contributed by atoms with Gasteiger partial charge in [0.15, 0.2) is 9.84 Å². The molecule has 1 aliphatic heterocycles. The van der Waals surface area contributed by atoms with Crippen molar-refractivity contribution in [3.63, 3.8) is 0 Å². The van der Waals surface area contributed by atoms with E-state index in [4.69, 9.17) is 11.6 Å². The van der Waals surface area contributed by atoms with Gasteiger partial charge in [0.05, 0.1) is 17.4 Å². The summed E-state index contributed by atoms with van der Waals surface area (Å²) in [6, 6.07) is 7.24. The van der Waals surface area contributed by atoms with Gasteiger partial charge < -0.3 is 5.32 Å². The van der Waals surface area contributed by atoms with Crippen molar-refractivity contribution < 1.29 is 13.2 Å². The van der Waals surface area contributed by atoms with Gasteiger partial charge in [0, 0.05) is 11.6 Å². The number of carbonyl (C=O) groups is 1. The summed E-state index contributed by atoms with van der Waals surface area (Å²) in [6.07, 6.45) is 0.413. The molecule has 18 heavy (non-hydrogen) atoms. The SMILES string of the molecule is O=C(NCc1ccccc1Cl)[C@@H]1CCS(=O)(=O)C1. The van der Waals surface area contributed by atoms with Crippen LogP contribution in [0.25, 0.3) is 0 Å². The zero-order chi connectivity index (χ0) is 13.2. The van der Waals surface area contributed by atoms with Crippen LogP contribution in [0.2, 0.25) is 5.02 Å². The van der Waals surface area contributed by atoms with Crippen LogP contribution < -0.4 is 5.32 Å². The van der Waals surface area contributed by atoms with Crippen LogP contribution in [0.1, 0.15) is 12.0 Å². The highest BCUT2D eigenvalue weighted by Crippen LogP contribution is 2.19. The number of benzene rings is 1. The molecule has 0 unspecified atom stereocenters. The Hall–Kier alpha value is -1.07. The number of rotatable bonds is 3. The zero-order valence-corrected chi connectivity index (χ0v) is 11.3. The van der Waals surface area contributed by atoms with Crippen LogP contribution >= 0.6 is 11.6 Å². The van der Waals surface area contributed by atoms with Gasteiger partial charge in [-0.3, -0.25) is 4.79 Å². The van der Waals surface area contributed by atoms with Gasteiger partial charge in [-0.25, -0.2) is 8.42 Å². The summed E-state index contributed by atoms with van der Waals surface area (Å²) >= 11 is 5.97. The second kappa shape index (κ2) is 5.28. The van der Waals surface area contributed by atoms with Crippen LogP contribution in [0.15, 0.2) is 24.3 Å². The van der Waals surface area contributed by atoms with Crippen molar-refractivity contribution in [2.45, 2.75) is 13.0 Å². The maximum atomic E-state index is 11.8. The average Bonchev–Trinajstić information content (AvgIpc) is 2.68. The number of hydrogen-bond donors (Lipinski definition) is 1. The van der Waals surface area contributed by atoms with Gasteiger partial charge in [-0.2, -0.15) is 0 Å². The Morgan fingerprint density at radius 2 is 2.11 bits per heavy atom. The summed E-state index contributed by atoms with van der Waals surface area (Å²) in [4.78, 5) is 11.8. The van der Waals surface area contributed by atoms with E-state index >= 15 is 0 Å². The molecule has 4 nitrogen and oxygen atoms in total. The fourth-order valence-corrected chi connectivity index (χ4v) is 3.91. The highest BCUT2D eigenvalue weighted by atomic mass is 35.5. The van der Waals surface area contributed by atoms with E-state index in [0.29, 0.717) is 18.0 Å². The maximum Gasteiger partial charge on any atom is 0.224 e. The molecule has 0 aromatic heterocycles. The number of sulfone groups is 1. The molecule has 1 aromatic rings. The number of hydrogen-bond acceptors (Lipinski definition) is 3. The summed E-state index contributed by atoms with van der Waals surface area (Å²) in [5.74, 6) is -0.563. The normalized spacial score (nSPS) is 21.7. The molecular weight excluding hydrogens is 274 g/mol. The Morgan fingerprint density at radius 3 is 2.72 bits per heavy atom. The first-order chi connectivity index (χ1) is 8.48. The van der Waals surface area contributed by atoms with Crippen molar-refractivity contribution in [3.05, 3.63) is 34.9 Å². The lowest BCUT2D eigenvalue weighted by atomic mass is 10.1. The van der Waals surface area contributed by atoms with Gasteiger partial charge in [0.2, 0.25) is 5.91 Å². The highest BCUT2D eigenvalue weighted by molar-refractivity contribution is 7.91. The van der Waals surface area contributed by atoms with E-state index in [1.807, 2.05) is 18.2 Å². The number of halogens is 1. The van der Waals surface area contributed by atoms with E-state index in [1.54, 1.807) is 6.07 Å². The van der Waals surface area contributed by atoms with E-state index in [-0.39, 0.29) is 17.4 Å². The van der Waals surface area contributed by atoms with E-state index in [2.05, 4.69) is 5.32 Å². The van der Waals surface area contributed by atoms with Crippen molar-refractivity contribution in [1.82, 2.24) is 5.32 Å². The van der Waals surface area contributed by atoms with Gasteiger partial charge in [-0.05, 0) is 18.1 Å². The smallest absolute Gasteiger partial charge is 0.224 e. The minimum atomic E-state index is -3.02. The first-order valence-corrected chi connectivity index (χ1v) is 7.89. The van der Waals surface area contributed by atoms with Gasteiger partial charge in [0.25, 0.3) is 0 Å². The minimum absolute atomic E-state index is 0.0403. The number of amides is 1. The third-order valence-electron chi connectivity index (χ3n) is 3.01. The molecule has 0 bridgehead atoms. The Balaban J connectivity index is 1.92. The lowest BCUT2D eigenvalue weighted by Crippen LogP contribution is -2.31. The zero-order valence-electron chi connectivity index (χ0n) is 9.73. The highest BCUT2D eigenvalue weighted by Gasteiger charge is 2.32. The van der Waals surface area contributed by atoms with Crippen LogP contribution in [-0.4, -0.2) is 25.8 Å². The van der Waals surface area contributed by atoms with Crippen LogP contribution in [0.5, 0.6) is 0 Å². The quantitative estimate of drug-likeness (QED) is 0.914. The predicted molar refractivity (Wildman–Crippen MR) is 70.1 cm³/mol. The molecule has 2 rings (SSSR count). The molecule has 1 amide bonds. The van der Waals surface area contributed by atoms with Crippen molar-refractivity contribution in [2.24, 2.45) is 5.92 Å². The Morgan fingerprint density at radius 1 is 1.39 bits per heavy atom. The van der Waals surface area contributed by atoms with Gasteiger partial charge in [-0.1, -0.05) is 29.8 Å². The van der Waals surface area contributed by atoms with E-state index in [9.17, 15) is 13.2 Å². The molecule has 6 heteroatoms. The molecule has 1 aromatic carbocycles. The number of carbonyl (C=O) groups excluding carboxylic acids is 1. The molecule has 1 aliphatic rings. The van der Waals surface area contributed by atoms with Gasteiger partial charge >= 0.3 is 0 Å². The van der Waals surface area contributed by atoms with E-state index in [0.717, 1.165) is 5.56 Å². The lowest BCUT2D eigenvalue weighted by Gasteiger charge is -2.10. The molecule has 0 aliphatic carbocycles. The second-order valence-electron chi connectivity index (χ2n) is 4.41. The molecule has 1 heterocycles. The van der Waals surface area contributed by atoms with Crippen molar-refractivity contribution in [2.75, 3.05) is 11.5 Å². The van der Waals surface area contributed by atoms with Crippen molar-refractivity contribution in [3.8, 4) is 0 Å². The molecule has 1 saturated heterocycles.